The van der Waals surface area contributed by atoms with Gasteiger partial charge in [0.05, 0.1) is 24.6 Å². The molecule has 1 aromatic carbocycles. The monoisotopic (exact) mass is 474 g/mol. The standard InChI is InChI=1S/C25H26N6O4/c32-23-22-19(28-25(29-23)31-14-17(12-26-31)24(33)34)13-27-30(22)10-3-11-35-20-9-8-15-4-1-2-5-18(15)21(20)16-6-7-16/h8-9,12-14,16H,1-7,10-11H2,(H,33,34)(H,28,29,32). The van der Waals surface area contributed by atoms with E-state index in [1.165, 1.54) is 65.9 Å². The van der Waals surface area contributed by atoms with Crippen LogP contribution in [0, 0.1) is 0 Å². The lowest BCUT2D eigenvalue weighted by Crippen LogP contribution is -2.10. The maximum atomic E-state index is 11.1. The number of aromatic hydroxyl groups is 1. The zero-order valence-corrected chi connectivity index (χ0v) is 19.2. The molecular weight excluding hydrogens is 448 g/mol. The number of hydrogen-bond acceptors (Lipinski definition) is 7. The molecule has 35 heavy (non-hydrogen) atoms. The first-order chi connectivity index (χ1) is 17.1. The predicted molar refractivity (Wildman–Crippen MR) is 126 cm³/mol. The zero-order chi connectivity index (χ0) is 23.9. The number of nitrogens with zero attached hydrogens (tertiary/aromatic N) is 6. The van der Waals surface area contributed by atoms with Gasteiger partial charge in [-0.25, -0.2) is 14.5 Å². The van der Waals surface area contributed by atoms with Crippen molar-refractivity contribution in [3.63, 3.8) is 0 Å². The molecule has 10 nitrogen and oxygen atoms in total. The molecule has 4 aromatic rings. The van der Waals surface area contributed by atoms with Gasteiger partial charge >= 0.3 is 5.97 Å². The topological polar surface area (TPSA) is 128 Å². The molecule has 0 amide bonds. The molecule has 1 fully saturated rings. The summed E-state index contributed by atoms with van der Waals surface area (Å²) in [5, 5.41) is 27.9. The summed E-state index contributed by atoms with van der Waals surface area (Å²) in [4.78, 5) is 19.6. The molecule has 0 saturated heterocycles. The number of aromatic carboxylic acids is 1. The Balaban J connectivity index is 1.15. The summed E-state index contributed by atoms with van der Waals surface area (Å²) in [5.41, 5.74) is 5.35. The highest BCUT2D eigenvalue weighted by Crippen LogP contribution is 2.48. The van der Waals surface area contributed by atoms with E-state index in [0.717, 1.165) is 12.2 Å². The van der Waals surface area contributed by atoms with Gasteiger partial charge in [-0.2, -0.15) is 15.2 Å². The number of carboxylic acid groups (broad SMARTS) is 1. The SMILES string of the molecule is O=C(O)c1cnn(-c2nc(O)c3c(cnn3CCCOc3ccc4c(c3C3CC3)CCCC4)n2)c1. The molecule has 0 spiro atoms. The Hall–Kier alpha value is -3.95. The quantitative estimate of drug-likeness (QED) is 0.371. The van der Waals surface area contributed by atoms with E-state index in [2.05, 4.69) is 32.3 Å². The van der Waals surface area contributed by atoms with Gasteiger partial charge in [0.15, 0.2) is 0 Å². The van der Waals surface area contributed by atoms with E-state index in [4.69, 9.17) is 9.84 Å². The maximum absolute atomic E-state index is 11.1. The zero-order valence-electron chi connectivity index (χ0n) is 19.2. The van der Waals surface area contributed by atoms with Crippen LogP contribution < -0.4 is 4.74 Å². The Bertz CT molecular complexity index is 1420. The fourth-order valence-electron chi connectivity index (χ4n) is 4.96. The van der Waals surface area contributed by atoms with Crippen molar-refractivity contribution in [2.45, 2.75) is 57.4 Å². The Morgan fingerprint density at radius 2 is 1.97 bits per heavy atom. The third kappa shape index (κ3) is 4.09. The first-order valence-corrected chi connectivity index (χ1v) is 12.1. The second-order valence-corrected chi connectivity index (χ2v) is 9.23. The fourth-order valence-corrected chi connectivity index (χ4v) is 4.96. The number of aromatic nitrogens is 6. The lowest BCUT2D eigenvalue weighted by Gasteiger charge is -2.22. The Morgan fingerprint density at radius 1 is 1.11 bits per heavy atom. The van der Waals surface area contributed by atoms with E-state index >= 15 is 0 Å². The summed E-state index contributed by atoms with van der Waals surface area (Å²) in [5.74, 6) is 0.412. The van der Waals surface area contributed by atoms with Crippen LogP contribution in [0.25, 0.3) is 17.0 Å². The number of hydrogen-bond donors (Lipinski definition) is 2. The molecule has 10 heteroatoms. The van der Waals surface area contributed by atoms with Crippen molar-refractivity contribution in [3.8, 4) is 17.6 Å². The molecule has 2 aliphatic carbocycles. The highest BCUT2D eigenvalue weighted by molar-refractivity contribution is 5.87. The van der Waals surface area contributed by atoms with Crippen LogP contribution in [0.15, 0.2) is 30.7 Å². The molecule has 2 aliphatic rings. The van der Waals surface area contributed by atoms with Gasteiger partial charge in [0.1, 0.15) is 16.8 Å². The van der Waals surface area contributed by atoms with Crippen molar-refractivity contribution < 1.29 is 19.7 Å². The van der Waals surface area contributed by atoms with Crippen LogP contribution in [0.1, 0.15) is 65.1 Å². The first-order valence-electron chi connectivity index (χ1n) is 12.1. The summed E-state index contributed by atoms with van der Waals surface area (Å²) in [6.07, 6.45) is 12.1. The molecule has 0 aliphatic heterocycles. The lowest BCUT2D eigenvalue weighted by molar-refractivity contribution is 0.0697. The molecule has 0 radical (unpaired) electrons. The van der Waals surface area contributed by atoms with E-state index in [1.54, 1.807) is 10.9 Å². The first kappa shape index (κ1) is 21.6. The predicted octanol–water partition coefficient (Wildman–Crippen LogP) is 3.64. The van der Waals surface area contributed by atoms with Gasteiger partial charge in [-0.15, -0.1) is 0 Å². The van der Waals surface area contributed by atoms with Crippen molar-refractivity contribution in [1.29, 1.82) is 0 Å². The number of aryl methyl sites for hydroxylation is 2. The van der Waals surface area contributed by atoms with Crippen LogP contribution in [0.4, 0.5) is 0 Å². The smallest absolute Gasteiger partial charge is 0.338 e. The third-order valence-electron chi connectivity index (χ3n) is 6.79. The summed E-state index contributed by atoms with van der Waals surface area (Å²) < 4.78 is 9.13. The summed E-state index contributed by atoms with van der Waals surface area (Å²) >= 11 is 0. The van der Waals surface area contributed by atoms with Gasteiger partial charge in [0.25, 0.3) is 5.95 Å². The molecule has 0 bridgehead atoms. The van der Waals surface area contributed by atoms with Crippen molar-refractivity contribution in [1.82, 2.24) is 29.5 Å². The highest BCUT2D eigenvalue weighted by atomic mass is 16.5. The van der Waals surface area contributed by atoms with E-state index in [1.807, 2.05) is 0 Å². The van der Waals surface area contributed by atoms with Crippen molar-refractivity contribution in [3.05, 3.63) is 53.0 Å². The van der Waals surface area contributed by atoms with Crippen LogP contribution in [-0.4, -0.2) is 52.3 Å². The molecule has 3 heterocycles. The highest BCUT2D eigenvalue weighted by Gasteiger charge is 2.31. The van der Waals surface area contributed by atoms with E-state index in [-0.39, 0.29) is 17.4 Å². The van der Waals surface area contributed by atoms with Crippen LogP contribution in [0.2, 0.25) is 0 Å². The second-order valence-electron chi connectivity index (χ2n) is 9.23. The number of rotatable bonds is 8. The van der Waals surface area contributed by atoms with Gasteiger partial charge in [-0.1, -0.05) is 6.07 Å². The molecule has 6 rings (SSSR count). The third-order valence-corrected chi connectivity index (χ3v) is 6.79. The van der Waals surface area contributed by atoms with Crippen molar-refractivity contribution >= 4 is 17.0 Å². The minimum atomic E-state index is -1.10. The van der Waals surface area contributed by atoms with Crippen LogP contribution >= 0.6 is 0 Å². The van der Waals surface area contributed by atoms with Gasteiger partial charge in [-0.3, -0.25) is 4.68 Å². The summed E-state index contributed by atoms with van der Waals surface area (Å²) in [6.45, 7) is 1.08. The number of fused-ring (bicyclic) bond motifs is 2. The number of carboxylic acids is 1. The van der Waals surface area contributed by atoms with Gasteiger partial charge in [0.2, 0.25) is 5.88 Å². The van der Waals surface area contributed by atoms with Crippen LogP contribution in [0.5, 0.6) is 11.6 Å². The molecule has 3 aromatic heterocycles. The maximum Gasteiger partial charge on any atom is 0.338 e. The molecular formula is C25H26N6O4. The minimum absolute atomic E-state index is 0.00708. The summed E-state index contributed by atoms with van der Waals surface area (Å²) in [6, 6.07) is 4.38. The largest absolute Gasteiger partial charge is 0.493 e. The minimum Gasteiger partial charge on any atom is -0.493 e. The van der Waals surface area contributed by atoms with Crippen LogP contribution in [0.3, 0.4) is 0 Å². The van der Waals surface area contributed by atoms with E-state index in [0.29, 0.717) is 36.5 Å². The Morgan fingerprint density at radius 3 is 2.77 bits per heavy atom. The lowest BCUT2D eigenvalue weighted by atomic mass is 9.86. The van der Waals surface area contributed by atoms with Crippen LogP contribution in [-0.2, 0) is 19.4 Å². The molecule has 1 saturated carbocycles. The van der Waals surface area contributed by atoms with Crippen molar-refractivity contribution in [2.24, 2.45) is 0 Å². The van der Waals surface area contributed by atoms with Gasteiger partial charge in [0, 0.05) is 24.7 Å². The summed E-state index contributed by atoms with van der Waals surface area (Å²) in [7, 11) is 0. The number of carbonyl (C=O) groups is 1. The Labute approximate surface area is 201 Å². The molecule has 0 atom stereocenters. The number of benzene rings is 1. The molecule has 2 N–H and O–H groups in total. The Kier molecular flexibility index (Phi) is 5.35. The van der Waals surface area contributed by atoms with E-state index in [9.17, 15) is 9.90 Å². The average Bonchev–Trinajstić information content (AvgIpc) is 3.40. The van der Waals surface area contributed by atoms with Crippen molar-refractivity contribution in [2.75, 3.05) is 6.61 Å². The van der Waals surface area contributed by atoms with Gasteiger partial charge < -0.3 is 14.9 Å². The number of ether oxygens (including phenoxy) is 1. The van der Waals surface area contributed by atoms with E-state index < -0.39 is 5.97 Å². The molecule has 0 unspecified atom stereocenters. The van der Waals surface area contributed by atoms with Gasteiger partial charge in [-0.05, 0) is 61.6 Å². The fraction of sp³-hybridized carbons (Fsp3) is 0.400. The second kappa shape index (κ2) is 8.68. The normalized spacial score (nSPS) is 15.3. The molecule has 180 valence electrons. The average molecular weight is 475 g/mol.